The fourth-order valence-electron chi connectivity index (χ4n) is 4.67. The first-order valence-corrected chi connectivity index (χ1v) is 12.0. The Balaban J connectivity index is 1.38. The Bertz CT molecular complexity index is 1140. The Kier molecular flexibility index (Phi) is 7.38. The highest BCUT2D eigenvalue weighted by Crippen LogP contribution is 2.44. The molecular formula is C27H30F2N2O6. The third-order valence-corrected chi connectivity index (χ3v) is 6.73. The number of likely N-dealkylation sites (tertiary alicyclic amines) is 2. The first-order chi connectivity index (χ1) is 17.5. The number of nitrogens with zero attached hydrogens (tertiary/aromatic N) is 2. The molecule has 2 amide bonds. The summed E-state index contributed by atoms with van der Waals surface area (Å²) in [5, 5.41) is 0. The molecular weight excluding hydrogens is 486 g/mol. The fraction of sp³-hybridized carbons (Fsp3) is 0.444. The van der Waals surface area contributed by atoms with Crippen molar-refractivity contribution in [1.29, 1.82) is 0 Å². The van der Waals surface area contributed by atoms with E-state index in [1.807, 2.05) is 0 Å². The van der Waals surface area contributed by atoms with Gasteiger partial charge in [0.25, 0.3) is 5.92 Å². The van der Waals surface area contributed by atoms with Crippen LogP contribution in [0.1, 0.15) is 25.0 Å². The van der Waals surface area contributed by atoms with E-state index in [9.17, 15) is 23.2 Å². The zero-order valence-electron chi connectivity index (χ0n) is 21.0. The van der Waals surface area contributed by atoms with Crippen LogP contribution in [0.3, 0.4) is 0 Å². The first-order valence-electron chi connectivity index (χ1n) is 12.0. The maximum atomic E-state index is 14.8. The Morgan fingerprint density at radius 1 is 1.00 bits per heavy atom. The van der Waals surface area contributed by atoms with Gasteiger partial charge in [0.1, 0.15) is 25.0 Å². The van der Waals surface area contributed by atoms with Crippen LogP contribution in [-0.4, -0.2) is 66.5 Å². The molecule has 8 nitrogen and oxygen atoms in total. The minimum atomic E-state index is -3.26. The highest BCUT2D eigenvalue weighted by atomic mass is 19.3. The highest BCUT2D eigenvalue weighted by Gasteiger charge is 2.64. The van der Waals surface area contributed by atoms with Gasteiger partial charge in [-0.25, -0.2) is 13.6 Å². The summed E-state index contributed by atoms with van der Waals surface area (Å²) >= 11 is 0. The molecule has 10 heteroatoms. The van der Waals surface area contributed by atoms with Gasteiger partial charge in [-0.2, -0.15) is 0 Å². The lowest BCUT2D eigenvalue weighted by molar-refractivity contribution is -0.157. The number of hydrogen-bond donors (Lipinski definition) is 0. The van der Waals surface area contributed by atoms with E-state index in [2.05, 4.69) is 0 Å². The molecule has 0 bridgehead atoms. The molecule has 2 aliphatic heterocycles. The number of rotatable bonds is 8. The first kappa shape index (κ1) is 26.4. The molecule has 2 fully saturated rings. The van der Waals surface area contributed by atoms with E-state index in [4.69, 9.17) is 14.2 Å². The van der Waals surface area contributed by atoms with E-state index in [-0.39, 0.29) is 26.3 Å². The number of amides is 2. The average Bonchev–Trinajstić information content (AvgIpc) is 3.35. The zero-order valence-corrected chi connectivity index (χ0v) is 21.0. The van der Waals surface area contributed by atoms with E-state index >= 15 is 0 Å². The maximum Gasteiger partial charge on any atom is 0.411 e. The Morgan fingerprint density at radius 3 is 2.27 bits per heavy atom. The number of hydrogen-bond acceptors (Lipinski definition) is 6. The van der Waals surface area contributed by atoms with Gasteiger partial charge in [-0.05, 0) is 37.1 Å². The second kappa shape index (κ2) is 10.4. The second-order valence-corrected chi connectivity index (χ2v) is 10.0. The summed E-state index contributed by atoms with van der Waals surface area (Å²) in [6.07, 6.45) is -0.968. The third-order valence-electron chi connectivity index (χ3n) is 6.73. The second-order valence-electron chi connectivity index (χ2n) is 10.0. The number of alkyl halides is 2. The van der Waals surface area contributed by atoms with Gasteiger partial charge >= 0.3 is 12.1 Å². The van der Waals surface area contributed by atoms with E-state index in [1.165, 1.54) is 4.90 Å². The number of carbonyl (C=O) groups excluding carboxylic acids is 3. The predicted octanol–water partition coefficient (Wildman–Crippen LogP) is 3.88. The topological polar surface area (TPSA) is 85.4 Å². The molecule has 198 valence electrons. The van der Waals surface area contributed by atoms with Gasteiger partial charge in [-0.3, -0.25) is 14.5 Å². The van der Waals surface area contributed by atoms with Crippen LogP contribution in [0.2, 0.25) is 0 Å². The number of ether oxygens (including phenoxy) is 3. The van der Waals surface area contributed by atoms with Crippen LogP contribution in [0.25, 0.3) is 0 Å². The molecule has 0 aromatic heterocycles. The van der Waals surface area contributed by atoms with Crippen molar-refractivity contribution >= 4 is 18.0 Å². The minimum Gasteiger partial charge on any atom is -0.497 e. The van der Waals surface area contributed by atoms with Crippen LogP contribution in [0.15, 0.2) is 54.6 Å². The third kappa shape index (κ3) is 5.68. The molecule has 2 heterocycles. The quantitative estimate of drug-likeness (QED) is 0.495. The van der Waals surface area contributed by atoms with Crippen LogP contribution in [0.4, 0.5) is 13.6 Å². The molecule has 37 heavy (non-hydrogen) atoms. The van der Waals surface area contributed by atoms with Gasteiger partial charge in [0.2, 0.25) is 5.91 Å². The summed E-state index contributed by atoms with van der Waals surface area (Å²) in [5.74, 6) is -5.17. The smallest absolute Gasteiger partial charge is 0.411 e. The molecule has 0 N–H and O–H groups in total. The molecule has 2 aliphatic rings. The van der Waals surface area contributed by atoms with Gasteiger partial charge in [-0.15, -0.1) is 0 Å². The number of esters is 1. The van der Waals surface area contributed by atoms with Crippen molar-refractivity contribution in [2.75, 3.05) is 26.7 Å². The van der Waals surface area contributed by atoms with Crippen molar-refractivity contribution in [3.8, 4) is 5.75 Å². The molecule has 0 radical (unpaired) electrons. The van der Waals surface area contributed by atoms with Crippen LogP contribution in [0.5, 0.6) is 5.75 Å². The highest BCUT2D eigenvalue weighted by molar-refractivity contribution is 5.90. The zero-order chi connectivity index (χ0) is 26.8. The summed E-state index contributed by atoms with van der Waals surface area (Å²) in [7, 11) is 1.55. The summed E-state index contributed by atoms with van der Waals surface area (Å²) in [6, 6.07) is 14.5. The van der Waals surface area contributed by atoms with E-state index in [1.54, 1.807) is 75.6 Å². The Hall–Kier alpha value is -3.69. The SMILES string of the molecule is COc1ccc(COC(=O)C(C)(C)CN2CC3C(C2=O)N(C(=O)OCc2ccccc2)CC3(F)F)cc1. The molecule has 0 saturated carbocycles. The van der Waals surface area contributed by atoms with E-state index < -0.39 is 47.8 Å². The molecule has 4 rings (SSSR count). The lowest BCUT2D eigenvalue weighted by atomic mass is 9.93. The predicted molar refractivity (Wildman–Crippen MR) is 129 cm³/mol. The normalized spacial score (nSPS) is 20.5. The van der Waals surface area contributed by atoms with Gasteiger partial charge in [0, 0.05) is 13.1 Å². The van der Waals surface area contributed by atoms with Crippen LogP contribution in [0, 0.1) is 11.3 Å². The maximum absolute atomic E-state index is 14.8. The Labute approximate surface area is 214 Å². The standard InChI is InChI=1S/C27H30F2N2O6/c1-26(2,24(33)36-14-19-9-11-20(35-3)12-10-19)16-30-13-21-22(23(30)32)31(17-27(21,28)29)25(34)37-15-18-7-5-4-6-8-18/h4-12,21-22H,13-17H2,1-3H3. The summed E-state index contributed by atoms with van der Waals surface area (Å²) < 4.78 is 45.5. The molecule has 0 aliphatic carbocycles. The monoisotopic (exact) mass is 516 g/mol. The number of fused-ring (bicyclic) bond motifs is 1. The van der Waals surface area contributed by atoms with Crippen molar-refractivity contribution in [3.63, 3.8) is 0 Å². The number of carbonyl (C=O) groups is 3. The minimum absolute atomic E-state index is 0.0184. The van der Waals surface area contributed by atoms with Crippen LogP contribution < -0.4 is 4.74 Å². The number of benzene rings is 2. The van der Waals surface area contributed by atoms with E-state index in [0.29, 0.717) is 11.3 Å². The van der Waals surface area contributed by atoms with E-state index in [0.717, 1.165) is 10.5 Å². The van der Waals surface area contributed by atoms with Gasteiger partial charge in [0.05, 0.1) is 25.0 Å². The van der Waals surface area contributed by atoms with Gasteiger partial charge in [0.15, 0.2) is 0 Å². The fourth-order valence-corrected chi connectivity index (χ4v) is 4.67. The molecule has 2 atom stereocenters. The lowest BCUT2D eigenvalue weighted by Gasteiger charge is -2.30. The van der Waals surface area contributed by atoms with Crippen molar-refractivity contribution in [1.82, 2.24) is 9.80 Å². The molecule has 2 saturated heterocycles. The average molecular weight is 517 g/mol. The summed E-state index contributed by atoms with van der Waals surface area (Å²) in [6.45, 7) is 1.83. The van der Waals surface area contributed by atoms with Crippen molar-refractivity contribution in [2.45, 2.75) is 39.0 Å². The molecule has 2 aromatic carbocycles. The number of halogens is 2. The molecule has 2 unspecified atom stereocenters. The van der Waals surface area contributed by atoms with Gasteiger partial charge in [-0.1, -0.05) is 42.5 Å². The van der Waals surface area contributed by atoms with Crippen molar-refractivity contribution < 1.29 is 37.4 Å². The Morgan fingerprint density at radius 2 is 1.62 bits per heavy atom. The largest absolute Gasteiger partial charge is 0.497 e. The molecule has 0 spiro atoms. The van der Waals surface area contributed by atoms with Crippen molar-refractivity contribution in [3.05, 3.63) is 65.7 Å². The summed E-state index contributed by atoms with van der Waals surface area (Å²) in [4.78, 5) is 40.7. The molecule has 2 aromatic rings. The van der Waals surface area contributed by atoms with Crippen LogP contribution in [-0.2, 0) is 32.3 Å². The van der Waals surface area contributed by atoms with Crippen molar-refractivity contribution in [2.24, 2.45) is 11.3 Å². The van der Waals surface area contributed by atoms with Gasteiger partial charge < -0.3 is 19.1 Å². The van der Waals surface area contributed by atoms with Crippen LogP contribution >= 0.6 is 0 Å². The lowest BCUT2D eigenvalue weighted by Crippen LogP contribution is -2.47. The summed E-state index contributed by atoms with van der Waals surface area (Å²) in [5.41, 5.74) is 0.294. The number of methoxy groups -OCH3 is 1.